The largest absolute Gasteiger partial charge is 0.430 e. The van der Waals surface area contributed by atoms with E-state index in [1.807, 2.05) is 0 Å². The maximum atomic E-state index is 13.4. The van der Waals surface area contributed by atoms with Crippen LogP contribution in [0.5, 0.6) is 0 Å². The second kappa shape index (κ2) is 10.7. The molecule has 0 spiro atoms. The monoisotopic (exact) mass is 528 g/mol. The Balaban J connectivity index is 1.55. The third-order valence-electron chi connectivity index (χ3n) is 5.74. The van der Waals surface area contributed by atoms with Crippen molar-refractivity contribution in [1.82, 2.24) is 13.7 Å². The van der Waals surface area contributed by atoms with Crippen LogP contribution >= 0.6 is 7.75 Å². The molecule has 1 unspecified atom stereocenters. The van der Waals surface area contributed by atoms with Crippen molar-refractivity contribution < 1.29 is 28.3 Å². The SMILES string of the molecule is CNc1cc(C(=O)Nc2cc(C(=O)n3ccc4ccc(NP(=O)(O)OCCOC)cc43)n(C)c2)n(C)c1. The highest BCUT2D eigenvalue weighted by molar-refractivity contribution is 7.54. The van der Waals surface area contributed by atoms with Crippen LogP contribution in [0.2, 0.25) is 0 Å². The number of carbonyl (C=O) groups is 2. The molecule has 0 radical (unpaired) electrons. The van der Waals surface area contributed by atoms with E-state index in [4.69, 9.17) is 9.26 Å². The van der Waals surface area contributed by atoms with E-state index in [1.165, 1.54) is 11.7 Å². The molecule has 0 saturated heterocycles. The lowest BCUT2D eigenvalue weighted by atomic mass is 10.2. The number of anilines is 3. The van der Waals surface area contributed by atoms with Gasteiger partial charge in [-0.3, -0.25) is 23.8 Å². The maximum Gasteiger partial charge on any atom is 0.430 e. The molecule has 37 heavy (non-hydrogen) atoms. The summed E-state index contributed by atoms with van der Waals surface area (Å²) >= 11 is 0. The summed E-state index contributed by atoms with van der Waals surface area (Å²) in [7, 11) is 2.60. The summed E-state index contributed by atoms with van der Waals surface area (Å²) in [5, 5.41) is 9.06. The molecule has 3 aromatic heterocycles. The van der Waals surface area contributed by atoms with Gasteiger partial charge in [-0.15, -0.1) is 0 Å². The number of amides is 1. The molecule has 4 rings (SSSR count). The molecule has 0 aliphatic rings. The van der Waals surface area contributed by atoms with Crippen LogP contribution < -0.4 is 15.7 Å². The highest BCUT2D eigenvalue weighted by Crippen LogP contribution is 2.42. The van der Waals surface area contributed by atoms with E-state index in [1.54, 1.807) is 85.3 Å². The number of aromatic nitrogens is 3. The van der Waals surface area contributed by atoms with Gasteiger partial charge in [0, 0.05) is 57.9 Å². The number of fused-ring (bicyclic) bond motifs is 1. The Morgan fingerprint density at radius 1 is 0.973 bits per heavy atom. The molecule has 1 aromatic carbocycles. The molecule has 0 fully saturated rings. The number of nitrogens with zero attached hydrogens (tertiary/aromatic N) is 3. The smallest absolute Gasteiger partial charge is 0.387 e. The molecular weight excluding hydrogens is 499 g/mol. The summed E-state index contributed by atoms with van der Waals surface area (Å²) in [4.78, 5) is 36.2. The van der Waals surface area contributed by atoms with Crippen LogP contribution in [0.1, 0.15) is 21.0 Å². The molecule has 1 amide bonds. The van der Waals surface area contributed by atoms with Gasteiger partial charge in [-0.1, -0.05) is 6.07 Å². The zero-order valence-corrected chi connectivity index (χ0v) is 21.8. The highest BCUT2D eigenvalue weighted by atomic mass is 31.2. The third kappa shape index (κ3) is 5.78. The van der Waals surface area contributed by atoms with Gasteiger partial charge in [-0.2, -0.15) is 0 Å². The molecule has 0 aliphatic heterocycles. The minimum atomic E-state index is -4.12. The number of hydrogen-bond acceptors (Lipinski definition) is 6. The van der Waals surface area contributed by atoms with Crippen LogP contribution in [0.4, 0.5) is 17.1 Å². The maximum absolute atomic E-state index is 13.4. The second-order valence-electron chi connectivity index (χ2n) is 8.38. The van der Waals surface area contributed by atoms with Crippen molar-refractivity contribution in [3.05, 3.63) is 66.4 Å². The average Bonchev–Trinajstić information content (AvgIpc) is 3.54. The van der Waals surface area contributed by atoms with Gasteiger partial charge >= 0.3 is 7.75 Å². The summed E-state index contributed by atoms with van der Waals surface area (Å²) < 4.78 is 26.9. The molecule has 0 bridgehead atoms. The summed E-state index contributed by atoms with van der Waals surface area (Å²) in [5.41, 5.74) is 2.92. The van der Waals surface area contributed by atoms with Gasteiger partial charge in [0.2, 0.25) is 0 Å². The number of methoxy groups -OCH3 is 1. The topological polar surface area (TPSA) is 141 Å². The van der Waals surface area contributed by atoms with Crippen LogP contribution in [-0.2, 0) is 27.9 Å². The Bertz CT molecular complexity index is 1500. The zero-order chi connectivity index (χ0) is 26.7. The van der Waals surface area contributed by atoms with Crippen LogP contribution in [0, 0.1) is 0 Å². The van der Waals surface area contributed by atoms with Gasteiger partial charge in [-0.25, -0.2) is 4.57 Å². The first kappa shape index (κ1) is 26.2. The van der Waals surface area contributed by atoms with Gasteiger partial charge < -0.3 is 29.4 Å². The molecule has 12 nitrogen and oxygen atoms in total. The lowest BCUT2D eigenvalue weighted by Crippen LogP contribution is -2.15. The van der Waals surface area contributed by atoms with E-state index in [9.17, 15) is 19.0 Å². The molecular formula is C24H29N6O6P. The van der Waals surface area contributed by atoms with E-state index >= 15 is 0 Å². The van der Waals surface area contributed by atoms with Crippen molar-refractivity contribution in [2.45, 2.75) is 0 Å². The predicted molar refractivity (Wildman–Crippen MR) is 141 cm³/mol. The van der Waals surface area contributed by atoms with Gasteiger partial charge in [0.25, 0.3) is 11.8 Å². The van der Waals surface area contributed by atoms with Gasteiger partial charge in [0.1, 0.15) is 11.4 Å². The normalized spacial score (nSPS) is 12.9. The fraction of sp³-hybridized carbons (Fsp3) is 0.250. The van der Waals surface area contributed by atoms with Gasteiger partial charge in [0.05, 0.1) is 30.1 Å². The Labute approximate surface area is 213 Å². The molecule has 13 heteroatoms. The van der Waals surface area contributed by atoms with Crippen molar-refractivity contribution in [1.29, 1.82) is 0 Å². The Kier molecular flexibility index (Phi) is 7.55. The molecule has 4 aromatic rings. The molecule has 0 saturated carbocycles. The number of hydrogen-bond donors (Lipinski definition) is 4. The van der Waals surface area contributed by atoms with Gasteiger partial charge in [0.15, 0.2) is 0 Å². The van der Waals surface area contributed by atoms with Crippen LogP contribution in [0.25, 0.3) is 10.9 Å². The van der Waals surface area contributed by atoms with Crippen molar-refractivity contribution >= 4 is 47.5 Å². The standard InChI is InChI=1S/C24H29N6O6P/c1-25-18-12-21(28(2)14-18)23(31)26-19-13-22(29(3)15-19)24(32)30-8-7-16-5-6-17(11-20(16)30)27-37(33,34)36-10-9-35-4/h5-8,11-15,25H,9-10H2,1-4H3,(H,26,31)(H2,27,33,34). The van der Waals surface area contributed by atoms with Crippen LogP contribution in [-0.4, -0.2) is 57.8 Å². The van der Waals surface area contributed by atoms with Crippen LogP contribution in [0.15, 0.2) is 55.0 Å². The van der Waals surface area contributed by atoms with Crippen LogP contribution in [0.3, 0.4) is 0 Å². The molecule has 4 N–H and O–H groups in total. The van der Waals surface area contributed by atoms with Crippen molar-refractivity contribution in [3.63, 3.8) is 0 Å². The minimum Gasteiger partial charge on any atom is -0.387 e. The number of aryl methyl sites for hydroxylation is 2. The molecule has 3 heterocycles. The van der Waals surface area contributed by atoms with E-state index in [-0.39, 0.29) is 25.0 Å². The van der Waals surface area contributed by atoms with E-state index in [2.05, 4.69) is 15.7 Å². The molecule has 0 aliphatic carbocycles. The summed E-state index contributed by atoms with van der Waals surface area (Å²) in [5.74, 6) is -0.646. The lowest BCUT2D eigenvalue weighted by Gasteiger charge is -2.14. The fourth-order valence-electron chi connectivity index (χ4n) is 3.91. The first-order valence-electron chi connectivity index (χ1n) is 11.3. The Morgan fingerprint density at radius 3 is 2.38 bits per heavy atom. The number of carbonyl (C=O) groups excluding carboxylic acids is 2. The average molecular weight is 529 g/mol. The third-order valence-corrected chi connectivity index (χ3v) is 6.82. The predicted octanol–water partition coefficient (Wildman–Crippen LogP) is 3.48. The molecule has 1 atom stereocenters. The van der Waals surface area contributed by atoms with Crippen molar-refractivity contribution in [3.8, 4) is 0 Å². The van der Waals surface area contributed by atoms with Gasteiger partial charge in [-0.05, 0) is 30.3 Å². The number of rotatable bonds is 10. The number of nitrogens with one attached hydrogen (secondary N) is 3. The Hall–Kier alpha value is -3.83. The quantitative estimate of drug-likeness (QED) is 0.181. The van der Waals surface area contributed by atoms with Crippen molar-refractivity contribution in [2.24, 2.45) is 14.1 Å². The number of benzene rings is 1. The summed E-state index contributed by atoms with van der Waals surface area (Å²) in [6, 6.07) is 10.0. The Morgan fingerprint density at radius 2 is 1.68 bits per heavy atom. The lowest BCUT2D eigenvalue weighted by molar-refractivity contribution is 0.0955. The second-order valence-corrected chi connectivity index (χ2v) is 9.90. The summed E-state index contributed by atoms with van der Waals surface area (Å²) in [6.07, 6.45) is 5.08. The first-order chi connectivity index (χ1) is 17.6. The summed E-state index contributed by atoms with van der Waals surface area (Å²) in [6.45, 7) is 0.116. The van der Waals surface area contributed by atoms with E-state index < -0.39 is 7.75 Å². The molecule has 196 valence electrons. The minimum absolute atomic E-state index is 0.0541. The highest BCUT2D eigenvalue weighted by Gasteiger charge is 2.21. The first-order valence-corrected chi connectivity index (χ1v) is 12.9. The van der Waals surface area contributed by atoms with E-state index in [0.717, 1.165) is 11.1 Å². The van der Waals surface area contributed by atoms with E-state index in [0.29, 0.717) is 28.3 Å². The van der Waals surface area contributed by atoms with Crippen molar-refractivity contribution in [2.75, 3.05) is 43.1 Å². The number of ether oxygens (including phenoxy) is 1. The zero-order valence-electron chi connectivity index (χ0n) is 20.9. The fourth-order valence-corrected chi connectivity index (χ4v) is 4.76.